The summed E-state index contributed by atoms with van der Waals surface area (Å²) in [6.45, 7) is 4.22. The van der Waals surface area contributed by atoms with Gasteiger partial charge in [-0.1, -0.05) is 35.1 Å². The van der Waals surface area contributed by atoms with Gasteiger partial charge in [0.05, 0.1) is 16.8 Å². The van der Waals surface area contributed by atoms with Crippen LogP contribution in [-0.4, -0.2) is 15.9 Å². The molecule has 0 radical (unpaired) electrons. The maximum absolute atomic E-state index is 13.6. The van der Waals surface area contributed by atoms with Gasteiger partial charge < -0.3 is 0 Å². The summed E-state index contributed by atoms with van der Waals surface area (Å²) >= 11 is 1.31. The zero-order chi connectivity index (χ0) is 19.7. The van der Waals surface area contributed by atoms with E-state index < -0.39 is 0 Å². The lowest BCUT2D eigenvalue weighted by atomic mass is 10.0. The molecule has 0 atom stereocenters. The lowest BCUT2D eigenvalue weighted by Crippen LogP contribution is -2.31. The van der Waals surface area contributed by atoms with E-state index in [0.717, 1.165) is 16.7 Å². The zero-order valence-electron chi connectivity index (χ0n) is 15.5. The van der Waals surface area contributed by atoms with Crippen molar-refractivity contribution in [2.24, 2.45) is 0 Å². The molecule has 2 aromatic heterocycles. The number of amides is 1. The minimum atomic E-state index is -0.317. The van der Waals surface area contributed by atoms with Crippen molar-refractivity contribution in [3.05, 3.63) is 89.0 Å². The molecule has 4 aromatic rings. The summed E-state index contributed by atoms with van der Waals surface area (Å²) in [7, 11) is 0. The number of aryl methyl sites for hydroxylation is 2. The number of nitrogens with zero attached hydrogens (tertiary/aromatic N) is 3. The van der Waals surface area contributed by atoms with Gasteiger partial charge in [-0.25, -0.2) is 9.37 Å². The van der Waals surface area contributed by atoms with Crippen LogP contribution in [-0.2, 0) is 6.54 Å². The SMILES string of the molecule is Cc1ccc(C)c(C(=O)N(Cc2cccnc2)c2nc3ccc(F)cc3s2)c1. The largest absolute Gasteiger partial charge is 0.279 e. The van der Waals surface area contributed by atoms with Gasteiger partial charge in [-0.05, 0) is 55.3 Å². The van der Waals surface area contributed by atoms with E-state index in [1.165, 1.54) is 23.5 Å². The Morgan fingerprint density at radius 2 is 2.00 bits per heavy atom. The van der Waals surface area contributed by atoms with Gasteiger partial charge in [0, 0.05) is 18.0 Å². The third-order valence-corrected chi connectivity index (χ3v) is 5.54. The fourth-order valence-electron chi connectivity index (χ4n) is 3.01. The van der Waals surface area contributed by atoms with Crippen LogP contribution in [0.2, 0.25) is 0 Å². The van der Waals surface area contributed by atoms with E-state index in [1.54, 1.807) is 23.4 Å². The number of rotatable bonds is 4. The molecule has 2 heterocycles. The Morgan fingerprint density at radius 3 is 2.79 bits per heavy atom. The Balaban J connectivity index is 1.80. The van der Waals surface area contributed by atoms with Crippen LogP contribution in [0.25, 0.3) is 10.2 Å². The fraction of sp³-hybridized carbons (Fsp3) is 0.136. The first-order chi connectivity index (χ1) is 13.5. The topological polar surface area (TPSA) is 46.1 Å². The Morgan fingerprint density at radius 1 is 1.14 bits per heavy atom. The molecule has 0 saturated heterocycles. The van der Waals surface area contributed by atoms with Gasteiger partial charge in [0.1, 0.15) is 5.82 Å². The molecule has 4 nitrogen and oxygen atoms in total. The molecule has 2 aromatic carbocycles. The summed E-state index contributed by atoms with van der Waals surface area (Å²) in [5.74, 6) is -0.452. The molecule has 28 heavy (non-hydrogen) atoms. The highest BCUT2D eigenvalue weighted by Gasteiger charge is 2.23. The van der Waals surface area contributed by atoms with Crippen LogP contribution in [0.3, 0.4) is 0 Å². The van der Waals surface area contributed by atoms with Gasteiger partial charge in [-0.3, -0.25) is 14.7 Å². The molecule has 0 bridgehead atoms. The molecule has 1 amide bonds. The second-order valence-electron chi connectivity index (χ2n) is 6.68. The van der Waals surface area contributed by atoms with Crippen LogP contribution in [0.1, 0.15) is 27.0 Å². The molecule has 0 aliphatic heterocycles. The maximum Gasteiger partial charge on any atom is 0.260 e. The molecular formula is C22H18FN3OS. The summed E-state index contributed by atoms with van der Waals surface area (Å²) in [4.78, 5) is 23.8. The van der Waals surface area contributed by atoms with Crippen molar-refractivity contribution in [2.75, 3.05) is 4.90 Å². The van der Waals surface area contributed by atoms with Crippen LogP contribution in [0.4, 0.5) is 9.52 Å². The molecule has 0 N–H and O–H groups in total. The minimum absolute atomic E-state index is 0.135. The molecule has 0 aliphatic rings. The molecule has 140 valence electrons. The smallest absolute Gasteiger partial charge is 0.260 e. The summed E-state index contributed by atoms with van der Waals surface area (Å²) in [5, 5.41) is 0.537. The number of carbonyl (C=O) groups excluding carboxylic acids is 1. The van der Waals surface area contributed by atoms with E-state index >= 15 is 0 Å². The molecule has 6 heteroatoms. The Kier molecular flexibility index (Phi) is 4.88. The molecule has 0 spiro atoms. The monoisotopic (exact) mass is 391 g/mol. The summed E-state index contributed by atoms with van der Waals surface area (Å²) in [6, 6.07) is 14.0. The molecule has 0 unspecified atom stereocenters. The van der Waals surface area contributed by atoms with Crippen LogP contribution in [0, 0.1) is 19.7 Å². The molecule has 0 saturated carbocycles. The predicted molar refractivity (Wildman–Crippen MR) is 110 cm³/mol. The zero-order valence-corrected chi connectivity index (χ0v) is 16.3. The average Bonchev–Trinajstić information content (AvgIpc) is 3.11. The van der Waals surface area contributed by atoms with Crippen molar-refractivity contribution in [2.45, 2.75) is 20.4 Å². The maximum atomic E-state index is 13.6. The number of carbonyl (C=O) groups is 1. The van der Waals surface area contributed by atoms with Gasteiger partial charge >= 0.3 is 0 Å². The number of fused-ring (bicyclic) bond motifs is 1. The number of benzene rings is 2. The predicted octanol–water partition coefficient (Wildman–Crippen LogP) is 5.29. The van der Waals surface area contributed by atoms with Crippen molar-refractivity contribution in [1.29, 1.82) is 0 Å². The first kappa shape index (κ1) is 18.3. The molecular weight excluding hydrogens is 373 g/mol. The van der Waals surface area contributed by atoms with Crippen molar-refractivity contribution in [1.82, 2.24) is 9.97 Å². The highest BCUT2D eigenvalue weighted by atomic mass is 32.1. The highest BCUT2D eigenvalue weighted by molar-refractivity contribution is 7.22. The van der Waals surface area contributed by atoms with Crippen LogP contribution in [0.5, 0.6) is 0 Å². The Bertz CT molecular complexity index is 1160. The van der Waals surface area contributed by atoms with Gasteiger partial charge in [0.25, 0.3) is 5.91 Å². The Labute approximate surface area is 166 Å². The number of aromatic nitrogens is 2. The number of hydrogen-bond donors (Lipinski definition) is 0. The lowest BCUT2D eigenvalue weighted by Gasteiger charge is -2.21. The number of pyridine rings is 1. The van der Waals surface area contributed by atoms with E-state index in [0.29, 0.717) is 27.5 Å². The van der Waals surface area contributed by atoms with Crippen molar-refractivity contribution < 1.29 is 9.18 Å². The van der Waals surface area contributed by atoms with E-state index in [2.05, 4.69) is 9.97 Å². The van der Waals surface area contributed by atoms with Gasteiger partial charge in [0.2, 0.25) is 0 Å². The highest BCUT2D eigenvalue weighted by Crippen LogP contribution is 2.31. The van der Waals surface area contributed by atoms with Crippen LogP contribution >= 0.6 is 11.3 Å². The quantitative estimate of drug-likeness (QED) is 0.475. The summed E-state index contributed by atoms with van der Waals surface area (Å²) < 4.78 is 14.3. The van der Waals surface area contributed by atoms with E-state index in [-0.39, 0.29) is 11.7 Å². The second kappa shape index (κ2) is 7.48. The van der Waals surface area contributed by atoms with Crippen molar-refractivity contribution in [3.63, 3.8) is 0 Å². The van der Waals surface area contributed by atoms with Gasteiger partial charge in [0.15, 0.2) is 5.13 Å². The van der Waals surface area contributed by atoms with Crippen LogP contribution in [0.15, 0.2) is 60.9 Å². The first-order valence-corrected chi connectivity index (χ1v) is 9.67. The van der Waals surface area contributed by atoms with Gasteiger partial charge in [-0.2, -0.15) is 0 Å². The van der Waals surface area contributed by atoms with E-state index in [9.17, 15) is 9.18 Å². The minimum Gasteiger partial charge on any atom is -0.279 e. The third kappa shape index (κ3) is 3.64. The lowest BCUT2D eigenvalue weighted by molar-refractivity contribution is 0.0984. The van der Waals surface area contributed by atoms with Crippen LogP contribution < -0.4 is 4.90 Å². The summed E-state index contributed by atoms with van der Waals surface area (Å²) in [6.07, 6.45) is 3.43. The fourth-order valence-corrected chi connectivity index (χ4v) is 4.00. The first-order valence-electron chi connectivity index (χ1n) is 8.85. The van der Waals surface area contributed by atoms with E-state index in [1.807, 2.05) is 44.2 Å². The number of hydrogen-bond acceptors (Lipinski definition) is 4. The number of anilines is 1. The number of halogens is 1. The molecule has 0 aliphatic carbocycles. The molecule has 4 rings (SSSR count). The second-order valence-corrected chi connectivity index (χ2v) is 7.69. The Hall–Kier alpha value is -3.12. The normalized spacial score (nSPS) is 11.0. The summed E-state index contributed by atoms with van der Waals surface area (Å²) in [5.41, 5.74) is 4.12. The third-order valence-electron chi connectivity index (χ3n) is 4.50. The van der Waals surface area contributed by atoms with Crippen molar-refractivity contribution in [3.8, 4) is 0 Å². The van der Waals surface area contributed by atoms with E-state index in [4.69, 9.17) is 0 Å². The average molecular weight is 391 g/mol. The molecule has 0 fully saturated rings. The number of thiazole rings is 1. The standard InChI is InChI=1S/C22H18FN3OS/c1-14-5-6-15(2)18(10-14)21(27)26(13-16-4-3-9-24-12-16)22-25-19-8-7-17(23)11-20(19)28-22/h3-12H,13H2,1-2H3. The van der Waals surface area contributed by atoms with Gasteiger partial charge in [-0.15, -0.1) is 0 Å². The van der Waals surface area contributed by atoms with Crippen molar-refractivity contribution >= 4 is 32.6 Å².